The highest BCUT2D eigenvalue weighted by Gasteiger charge is 2.10. The minimum absolute atomic E-state index is 0.684. The zero-order chi connectivity index (χ0) is 13.5. The van der Waals surface area contributed by atoms with Gasteiger partial charge in [0.1, 0.15) is 0 Å². The van der Waals surface area contributed by atoms with Crippen LogP contribution in [-0.4, -0.2) is 14.5 Å². The number of imidazole rings is 1. The normalized spacial score (nSPS) is 11.4. The number of fused-ring (bicyclic) bond motifs is 3. The molecule has 20 heavy (non-hydrogen) atoms. The molecule has 4 nitrogen and oxygen atoms in total. The number of H-pyrrole nitrogens is 1. The number of pyridine rings is 1. The maximum absolute atomic E-state index is 5.44. The number of furan rings is 1. The number of rotatable bonds is 2. The van der Waals surface area contributed by atoms with Crippen molar-refractivity contribution < 1.29 is 4.42 Å². The Morgan fingerprint density at radius 3 is 3.00 bits per heavy atom. The fraction of sp³-hybridized carbons (Fsp3) is 0.0667. The fourth-order valence-electron chi connectivity index (χ4n) is 2.51. The summed E-state index contributed by atoms with van der Waals surface area (Å²) in [5.41, 5.74) is 4.09. The summed E-state index contributed by atoms with van der Waals surface area (Å²) >= 11 is 5.44. The molecule has 0 aliphatic carbocycles. The van der Waals surface area contributed by atoms with Gasteiger partial charge in [0.15, 0.2) is 4.77 Å². The molecule has 0 aliphatic rings. The third kappa shape index (κ3) is 1.67. The van der Waals surface area contributed by atoms with Crippen molar-refractivity contribution in [1.82, 2.24) is 14.5 Å². The van der Waals surface area contributed by atoms with Crippen LogP contribution in [0.2, 0.25) is 0 Å². The molecule has 0 aliphatic heterocycles. The quantitative estimate of drug-likeness (QED) is 0.567. The van der Waals surface area contributed by atoms with Gasteiger partial charge in [-0.2, -0.15) is 0 Å². The van der Waals surface area contributed by atoms with Crippen molar-refractivity contribution in [2.45, 2.75) is 6.54 Å². The smallest absolute Gasteiger partial charge is 0.178 e. The Morgan fingerprint density at radius 2 is 2.15 bits per heavy atom. The Morgan fingerprint density at radius 1 is 1.25 bits per heavy atom. The lowest BCUT2D eigenvalue weighted by Gasteiger charge is -2.05. The summed E-state index contributed by atoms with van der Waals surface area (Å²) in [5.74, 6) is 0. The molecule has 0 amide bonds. The Bertz CT molecular complexity index is 950. The Balaban J connectivity index is 2.06. The second-order valence-electron chi connectivity index (χ2n) is 4.69. The second-order valence-corrected chi connectivity index (χ2v) is 5.07. The Kier molecular flexibility index (Phi) is 2.47. The summed E-state index contributed by atoms with van der Waals surface area (Å²) in [6.07, 6.45) is 5.25. The van der Waals surface area contributed by atoms with Crippen LogP contribution in [0.5, 0.6) is 0 Å². The number of benzene rings is 1. The lowest BCUT2D eigenvalue weighted by Crippen LogP contribution is -1.99. The van der Waals surface area contributed by atoms with Crippen LogP contribution in [0.3, 0.4) is 0 Å². The summed E-state index contributed by atoms with van der Waals surface area (Å²) in [5, 5.41) is 1.10. The van der Waals surface area contributed by atoms with Gasteiger partial charge in [-0.3, -0.25) is 4.98 Å². The summed E-state index contributed by atoms with van der Waals surface area (Å²) in [4.78, 5) is 7.67. The predicted molar refractivity (Wildman–Crippen MR) is 80.2 cm³/mol. The highest BCUT2D eigenvalue weighted by atomic mass is 32.1. The van der Waals surface area contributed by atoms with Crippen LogP contribution >= 0.6 is 12.2 Å². The Labute approximate surface area is 119 Å². The molecule has 0 saturated carbocycles. The molecular weight excluding hydrogens is 270 g/mol. The summed E-state index contributed by atoms with van der Waals surface area (Å²) in [7, 11) is 0. The van der Waals surface area contributed by atoms with E-state index in [1.54, 1.807) is 12.5 Å². The lowest BCUT2D eigenvalue weighted by molar-refractivity contribution is 0.562. The number of aromatic nitrogens is 3. The highest BCUT2D eigenvalue weighted by Crippen LogP contribution is 2.24. The average molecular weight is 281 g/mol. The van der Waals surface area contributed by atoms with Gasteiger partial charge in [0.2, 0.25) is 0 Å². The van der Waals surface area contributed by atoms with E-state index < -0.39 is 0 Å². The molecule has 0 spiro atoms. The van der Waals surface area contributed by atoms with E-state index in [9.17, 15) is 0 Å². The first kappa shape index (κ1) is 11.4. The first-order valence-electron chi connectivity index (χ1n) is 6.30. The molecule has 0 unspecified atom stereocenters. The molecule has 0 fully saturated rings. The van der Waals surface area contributed by atoms with E-state index in [0.717, 1.165) is 27.5 Å². The van der Waals surface area contributed by atoms with E-state index in [1.807, 2.05) is 30.5 Å². The summed E-state index contributed by atoms with van der Waals surface area (Å²) < 4.78 is 7.91. The van der Waals surface area contributed by atoms with Gasteiger partial charge >= 0.3 is 0 Å². The standard InChI is InChI=1S/C15H11N3OS/c20-15-17-13-7-16-12-4-2-1-3-11(12)14(13)18(15)8-10-5-6-19-9-10/h1-7,9H,8H2,(H,17,20). The largest absolute Gasteiger partial charge is 0.472 e. The van der Waals surface area contributed by atoms with Crippen molar-refractivity contribution in [2.24, 2.45) is 0 Å². The first-order chi connectivity index (χ1) is 9.83. The van der Waals surface area contributed by atoms with Gasteiger partial charge in [-0.15, -0.1) is 0 Å². The molecule has 4 aromatic rings. The molecule has 5 heteroatoms. The van der Waals surface area contributed by atoms with Gasteiger partial charge in [0, 0.05) is 10.9 Å². The van der Waals surface area contributed by atoms with Gasteiger partial charge in [-0.25, -0.2) is 0 Å². The minimum Gasteiger partial charge on any atom is -0.472 e. The van der Waals surface area contributed by atoms with Crippen LogP contribution < -0.4 is 0 Å². The maximum Gasteiger partial charge on any atom is 0.178 e. The van der Waals surface area contributed by atoms with Crippen LogP contribution in [0.4, 0.5) is 0 Å². The van der Waals surface area contributed by atoms with E-state index in [1.165, 1.54) is 0 Å². The van der Waals surface area contributed by atoms with Crippen molar-refractivity contribution in [2.75, 3.05) is 0 Å². The molecule has 0 saturated heterocycles. The molecule has 0 radical (unpaired) electrons. The topological polar surface area (TPSA) is 46.8 Å². The number of hydrogen-bond acceptors (Lipinski definition) is 3. The highest BCUT2D eigenvalue weighted by molar-refractivity contribution is 7.71. The van der Waals surface area contributed by atoms with Crippen LogP contribution in [-0.2, 0) is 6.54 Å². The van der Waals surface area contributed by atoms with Crippen molar-refractivity contribution in [3.8, 4) is 0 Å². The fourth-order valence-corrected chi connectivity index (χ4v) is 2.78. The van der Waals surface area contributed by atoms with E-state index in [-0.39, 0.29) is 0 Å². The monoisotopic (exact) mass is 281 g/mol. The van der Waals surface area contributed by atoms with Gasteiger partial charge in [0.05, 0.1) is 41.8 Å². The predicted octanol–water partition coefficient (Wildman–Crippen LogP) is 3.89. The molecule has 0 bridgehead atoms. The summed E-state index contributed by atoms with van der Waals surface area (Å²) in [6.45, 7) is 0.684. The van der Waals surface area contributed by atoms with E-state index >= 15 is 0 Å². The molecule has 1 N–H and O–H groups in total. The van der Waals surface area contributed by atoms with Gasteiger partial charge in [-0.1, -0.05) is 18.2 Å². The van der Waals surface area contributed by atoms with Crippen molar-refractivity contribution in [3.05, 3.63) is 59.4 Å². The number of hydrogen-bond donors (Lipinski definition) is 1. The third-order valence-corrected chi connectivity index (χ3v) is 3.75. The molecule has 0 atom stereocenters. The first-order valence-corrected chi connectivity index (χ1v) is 6.71. The number of nitrogens with one attached hydrogen (secondary N) is 1. The van der Waals surface area contributed by atoms with Crippen LogP contribution in [0.15, 0.2) is 53.5 Å². The molecule has 3 aromatic heterocycles. The van der Waals surface area contributed by atoms with Gasteiger partial charge < -0.3 is 14.0 Å². The van der Waals surface area contributed by atoms with E-state index in [4.69, 9.17) is 16.6 Å². The van der Waals surface area contributed by atoms with E-state index in [2.05, 4.69) is 20.6 Å². The number of nitrogens with zero attached hydrogens (tertiary/aromatic N) is 2. The molecule has 98 valence electrons. The third-order valence-electron chi connectivity index (χ3n) is 3.42. The maximum atomic E-state index is 5.44. The molecule has 1 aromatic carbocycles. The van der Waals surface area contributed by atoms with Crippen molar-refractivity contribution >= 4 is 34.2 Å². The lowest BCUT2D eigenvalue weighted by atomic mass is 10.2. The second kappa shape index (κ2) is 4.31. The van der Waals surface area contributed by atoms with E-state index in [0.29, 0.717) is 11.3 Å². The van der Waals surface area contributed by atoms with Gasteiger partial charge in [-0.05, 0) is 24.4 Å². The zero-order valence-corrected chi connectivity index (χ0v) is 11.4. The minimum atomic E-state index is 0.684. The zero-order valence-electron chi connectivity index (χ0n) is 10.5. The van der Waals surface area contributed by atoms with Crippen molar-refractivity contribution in [1.29, 1.82) is 0 Å². The van der Waals surface area contributed by atoms with Crippen LogP contribution in [0.25, 0.3) is 21.9 Å². The van der Waals surface area contributed by atoms with Crippen molar-refractivity contribution in [3.63, 3.8) is 0 Å². The number of aromatic amines is 1. The SMILES string of the molecule is S=c1[nH]c2cnc3ccccc3c2n1Cc1ccoc1. The summed E-state index contributed by atoms with van der Waals surface area (Å²) in [6, 6.07) is 10.0. The molecular formula is C15H11N3OS. The molecule has 4 rings (SSSR count). The molecule has 3 heterocycles. The number of para-hydroxylation sites is 1. The Hall–Kier alpha value is -2.40. The van der Waals surface area contributed by atoms with Crippen LogP contribution in [0, 0.1) is 4.77 Å². The van der Waals surface area contributed by atoms with Crippen LogP contribution in [0.1, 0.15) is 5.56 Å². The van der Waals surface area contributed by atoms with Gasteiger partial charge in [0.25, 0.3) is 0 Å². The average Bonchev–Trinajstić information content (AvgIpc) is 3.08.